The molecule has 38 heavy (non-hydrogen) atoms. The number of hydrogen-bond acceptors (Lipinski definition) is 3. The monoisotopic (exact) mass is 602 g/mol. The smallest absolute Gasteiger partial charge is 0.261 e. The summed E-state index contributed by atoms with van der Waals surface area (Å²) < 4.78 is 42.8. The van der Waals surface area contributed by atoms with Crippen molar-refractivity contribution in [1.82, 2.24) is 0 Å². The number of halogens is 3. The molecule has 0 aromatic heterocycles. The second kappa shape index (κ2) is 12.2. The van der Waals surface area contributed by atoms with Gasteiger partial charge in [0.25, 0.3) is 10.0 Å². The molecule has 0 aliphatic heterocycles. The molecule has 4 aromatic carbocycles. The Balaban J connectivity index is 1.71. The minimum absolute atomic E-state index is 0.0368. The zero-order valence-electron chi connectivity index (χ0n) is 19.8. The maximum atomic E-state index is 14.2. The lowest BCUT2D eigenvalue weighted by molar-refractivity contribution is 0.589. The van der Waals surface area contributed by atoms with Crippen molar-refractivity contribution < 1.29 is 13.0 Å². The summed E-state index contributed by atoms with van der Waals surface area (Å²) in [4.78, 5) is -0.0368. The van der Waals surface area contributed by atoms with Gasteiger partial charge in [-0.25, -0.2) is 8.42 Å². The Hall–Kier alpha value is -2.99. The molecule has 0 radical (unpaired) electrons. The van der Waals surface area contributed by atoms with Crippen LogP contribution in [-0.2, 0) is 14.6 Å². The van der Waals surface area contributed by atoms with Crippen LogP contribution in [0.25, 0.3) is 10.1 Å². The molecule has 194 valence electrons. The van der Waals surface area contributed by atoms with Crippen LogP contribution in [0.5, 0.6) is 0 Å². The van der Waals surface area contributed by atoms with Crippen molar-refractivity contribution in [3.8, 4) is 0 Å². The van der Waals surface area contributed by atoms with Crippen molar-refractivity contribution in [2.75, 3.05) is 9.81 Å². The Morgan fingerprint density at radius 1 is 0.684 bits per heavy atom. The van der Waals surface area contributed by atoms with Crippen LogP contribution in [0.15, 0.2) is 126 Å². The zero-order valence-corrected chi connectivity index (χ0v) is 23.7. The standard InChI is InChI=1S/C28H22Cl3N2O3PS/c29-23-13-7-15-25(17-23)33-38(35,36)26-16-8-14-24(18-26)32-37(34,19-27(30)21-9-3-1-4-10-21)20-28(31)22-11-5-2-6-12-22/h1-20,33H,(H,32,34)/b27-19-,28-20-. The second-order valence-corrected chi connectivity index (χ2v) is 13.2. The summed E-state index contributed by atoms with van der Waals surface area (Å²) in [5, 5.41) is 3.86. The summed E-state index contributed by atoms with van der Waals surface area (Å²) in [6.45, 7) is 0. The first-order valence-corrected chi connectivity index (χ1v) is 15.7. The van der Waals surface area contributed by atoms with E-state index in [0.717, 1.165) is 0 Å². The van der Waals surface area contributed by atoms with Gasteiger partial charge in [-0.2, -0.15) is 0 Å². The first-order valence-electron chi connectivity index (χ1n) is 11.3. The average Bonchev–Trinajstić information content (AvgIpc) is 2.89. The van der Waals surface area contributed by atoms with Crippen molar-refractivity contribution in [3.63, 3.8) is 0 Å². The van der Waals surface area contributed by atoms with Crippen LogP contribution in [0.2, 0.25) is 5.02 Å². The van der Waals surface area contributed by atoms with Gasteiger partial charge in [-0.1, -0.05) is 108 Å². The van der Waals surface area contributed by atoms with E-state index < -0.39 is 17.3 Å². The number of rotatable bonds is 9. The fraction of sp³-hybridized carbons (Fsp3) is 0. The summed E-state index contributed by atoms with van der Waals surface area (Å²) >= 11 is 19.1. The SMILES string of the molecule is O=P(/C=C(\Cl)c1ccccc1)(/C=C(\Cl)c1ccccc1)Nc1cccc(S(=O)(=O)Nc2cccc(Cl)c2)c1. The van der Waals surface area contributed by atoms with Crippen molar-refractivity contribution in [1.29, 1.82) is 0 Å². The lowest BCUT2D eigenvalue weighted by Gasteiger charge is -2.17. The van der Waals surface area contributed by atoms with Gasteiger partial charge in [0.15, 0.2) is 0 Å². The molecule has 4 rings (SSSR count). The number of benzene rings is 4. The zero-order chi connectivity index (χ0) is 27.2. The molecule has 0 saturated heterocycles. The van der Waals surface area contributed by atoms with Crippen LogP contribution >= 0.6 is 42.1 Å². The van der Waals surface area contributed by atoms with Gasteiger partial charge in [0.1, 0.15) is 0 Å². The molecule has 0 heterocycles. The molecule has 2 N–H and O–H groups in total. The fourth-order valence-corrected chi connectivity index (χ4v) is 7.61. The van der Waals surface area contributed by atoms with Gasteiger partial charge < -0.3 is 5.09 Å². The van der Waals surface area contributed by atoms with Gasteiger partial charge >= 0.3 is 0 Å². The van der Waals surface area contributed by atoms with Gasteiger partial charge in [-0.15, -0.1) is 0 Å². The van der Waals surface area contributed by atoms with E-state index in [-0.39, 0.29) is 15.0 Å². The quantitative estimate of drug-likeness (QED) is 0.187. The molecule has 0 aliphatic rings. The van der Waals surface area contributed by atoms with E-state index in [1.807, 2.05) is 36.4 Å². The van der Waals surface area contributed by atoms with Crippen LogP contribution < -0.4 is 9.81 Å². The van der Waals surface area contributed by atoms with Gasteiger partial charge in [-0.3, -0.25) is 9.29 Å². The van der Waals surface area contributed by atoms with Crippen LogP contribution in [0.3, 0.4) is 0 Å². The predicted octanol–water partition coefficient (Wildman–Crippen LogP) is 9.31. The van der Waals surface area contributed by atoms with Gasteiger partial charge in [-0.05, 0) is 47.5 Å². The molecule has 5 nitrogen and oxygen atoms in total. The third-order valence-electron chi connectivity index (χ3n) is 5.23. The van der Waals surface area contributed by atoms with E-state index in [9.17, 15) is 13.0 Å². The van der Waals surface area contributed by atoms with E-state index in [4.69, 9.17) is 34.8 Å². The van der Waals surface area contributed by atoms with Gasteiger partial charge in [0.2, 0.25) is 7.29 Å². The van der Waals surface area contributed by atoms with E-state index in [0.29, 0.717) is 27.5 Å². The first kappa shape index (κ1) is 28.0. The van der Waals surface area contributed by atoms with Gasteiger partial charge in [0.05, 0.1) is 20.6 Å². The Labute approximate surface area is 237 Å². The van der Waals surface area contributed by atoms with E-state index in [2.05, 4.69) is 9.81 Å². The third kappa shape index (κ3) is 7.53. The van der Waals surface area contributed by atoms with Crippen LogP contribution in [-0.4, -0.2) is 8.42 Å². The minimum atomic E-state index is -3.96. The molecule has 4 aromatic rings. The van der Waals surface area contributed by atoms with E-state index in [1.165, 1.54) is 29.8 Å². The molecule has 0 bridgehead atoms. The highest BCUT2D eigenvalue weighted by atomic mass is 35.5. The van der Waals surface area contributed by atoms with Crippen molar-refractivity contribution >= 4 is 73.6 Å². The van der Waals surface area contributed by atoms with Crippen LogP contribution in [0.1, 0.15) is 11.1 Å². The average molecular weight is 604 g/mol. The Kier molecular flexibility index (Phi) is 9.03. The number of anilines is 2. The molecule has 0 spiro atoms. The maximum Gasteiger partial charge on any atom is 0.261 e. The topological polar surface area (TPSA) is 75.3 Å². The van der Waals surface area contributed by atoms with Crippen molar-refractivity contribution in [2.45, 2.75) is 4.90 Å². The highest BCUT2D eigenvalue weighted by Gasteiger charge is 2.21. The molecule has 0 aliphatic carbocycles. The normalized spacial score (nSPS) is 12.7. The summed E-state index contributed by atoms with van der Waals surface area (Å²) in [6.07, 6.45) is 0. The highest BCUT2D eigenvalue weighted by molar-refractivity contribution is 7.92. The number of hydrogen-bond donors (Lipinski definition) is 2. The highest BCUT2D eigenvalue weighted by Crippen LogP contribution is 2.53. The summed E-state index contributed by atoms with van der Waals surface area (Å²) in [6, 6.07) is 30.5. The molecule has 10 heteroatoms. The van der Waals surface area contributed by atoms with E-state index in [1.54, 1.807) is 54.6 Å². The maximum absolute atomic E-state index is 14.2. The molecular weight excluding hydrogens is 582 g/mol. The Bertz CT molecular complexity index is 1580. The molecule has 0 fully saturated rings. The Morgan fingerprint density at radius 3 is 1.76 bits per heavy atom. The molecule has 0 amide bonds. The van der Waals surface area contributed by atoms with Crippen LogP contribution in [0, 0.1) is 0 Å². The summed E-state index contributed by atoms with van der Waals surface area (Å²) in [5.74, 6) is 2.81. The van der Waals surface area contributed by atoms with Crippen LogP contribution in [0.4, 0.5) is 11.4 Å². The summed E-state index contributed by atoms with van der Waals surface area (Å²) in [5.41, 5.74) is 1.95. The minimum Gasteiger partial charge on any atom is -0.330 e. The second-order valence-electron chi connectivity index (χ2n) is 8.15. The van der Waals surface area contributed by atoms with Gasteiger partial charge in [0, 0.05) is 22.3 Å². The third-order valence-corrected chi connectivity index (χ3v) is 9.70. The summed E-state index contributed by atoms with van der Waals surface area (Å²) in [7, 11) is -7.56. The lowest BCUT2D eigenvalue weighted by atomic mass is 10.2. The predicted molar refractivity (Wildman–Crippen MR) is 160 cm³/mol. The lowest BCUT2D eigenvalue weighted by Crippen LogP contribution is -2.13. The molecule has 0 saturated carbocycles. The fourth-order valence-electron chi connectivity index (χ4n) is 3.48. The van der Waals surface area contributed by atoms with Crippen molar-refractivity contribution in [3.05, 3.63) is 137 Å². The largest absolute Gasteiger partial charge is 0.330 e. The Morgan fingerprint density at radius 2 is 1.21 bits per heavy atom. The first-order chi connectivity index (χ1) is 18.1. The molecule has 0 unspecified atom stereocenters. The molecule has 0 atom stereocenters. The molecular formula is C28H22Cl3N2O3PS. The number of sulfonamides is 1. The van der Waals surface area contributed by atoms with Crippen molar-refractivity contribution in [2.24, 2.45) is 0 Å². The van der Waals surface area contributed by atoms with E-state index >= 15 is 0 Å². The number of nitrogens with one attached hydrogen (secondary N) is 2.